The zero-order valence-corrected chi connectivity index (χ0v) is 19.5. The van der Waals surface area contributed by atoms with E-state index < -0.39 is 53.1 Å². The summed E-state index contributed by atoms with van der Waals surface area (Å²) < 4.78 is 59.4. The van der Waals surface area contributed by atoms with Gasteiger partial charge in [-0.25, -0.2) is 14.2 Å². The smallest absolute Gasteiger partial charge is 0.425 e. The largest absolute Gasteiger partial charge is 0.480 e. The highest BCUT2D eigenvalue weighted by Crippen LogP contribution is 2.33. The van der Waals surface area contributed by atoms with E-state index in [9.17, 15) is 32.3 Å². The maximum atomic E-state index is 14.9. The Morgan fingerprint density at radius 1 is 1.34 bits per heavy atom. The van der Waals surface area contributed by atoms with Crippen LogP contribution in [0.1, 0.15) is 35.7 Å². The number of likely N-dealkylation sites (tertiary alicyclic amines) is 1. The van der Waals surface area contributed by atoms with Crippen LogP contribution in [0, 0.1) is 12.7 Å². The van der Waals surface area contributed by atoms with Crippen LogP contribution in [0.5, 0.6) is 5.75 Å². The van der Waals surface area contributed by atoms with Gasteiger partial charge in [0.25, 0.3) is 5.91 Å². The van der Waals surface area contributed by atoms with Crippen molar-refractivity contribution in [3.05, 3.63) is 46.5 Å². The lowest BCUT2D eigenvalue weighted by molar-refractivity contribution is -0.189. The highest BCUT2D eigenvalue weighted by molar-refractivity contribution is 6.33. The second-order valence-electron chi connectivity index (χ2n) is 7.98. The van der Waals surface area contributed by atoms with Crippen molar-refractivity contribution in [3.63, 3.8) is 0 Å². The van der Waals surface area contributed by atoms with Gasteiger partial charge in [0.2, 0.25) is 0 Å². The topological polar surface area (TPSA) is 104 Å². The van der Waals surface area contributed by atoms with E-state index in [0.29, 0.717) is 31.0 Å². The number of carbonyl (C=O) groups excluding carboxylic acids is 2. The number of aryl methyl sites for hydroxylation is 1. The number of amides is 3. The molecule has 0 aliphatic carbocycles. The number of ether oxygens (including phenoxy) is 1. The number of rotatable bonds is 6. The molecule has 35 heavy (non-hydrogen) atoms. The number of aliphatic hydroxyl groups is 1. The Hall–Kier alpha value is -3.12. The molecule has 1 aromatic carbocycles. The van der Waals surface area contributed by atoms with Gasteiger partial charge in [-0.2, -0.15) is 13.2 Å². The van der Waals surface area contributed by atoms with Gasteiger partial charge in [-0.3, -0.25) is 4.79 Å². The molecular formula is C22H23ClF4N4O4. The molecular weight excluding hydrogens is 496 g/mol. The fraction of sp³-hybridized carbons (Fsp3) is 0.409. The van der Waals surface area contributed by atoms with Crippen molar-refractivity contribution >= 4 is 34.9 Å². The number of anilines is 2. The molecule has 3 rings (SSSR count). The summed E-state index contributed by atoms with van der Waals surface area (Å²) in [6.45, 7) is 2.37. The molecule has 2 atom stereocenters. The van der Waals surface area contributed by atoms with Crippen LogP contribution >= 0.6 is 11.6 Å². The van der Waals surface area contributed by atoms with Gasteiger partial charge in [0.1, 0.15) is 11.6 Å². The number of aliphatic hydroxyl groups excluding tert-OH is 1. The van der Waals surface area contributed by atoms with Gasteiger partial charge in [-0.15, -0.1) is 0 Å². The Kier molecular flexibility index (Phi) is 8.06. The summed E-state index contributed by atoms with van der Waals surface area (Å²) in [6, 6.07) is 1.81. The molecule has 0 bridgehead atoms. The van der Waals surface area contributed by atoms with E-state index in [-0.39, 0.29) is 17.4 Å². The molecule has 1 unspecified atom stereocenters. The van der Waals surface area contributed by atoms with Crippen LogP contribution in [0.4, 0.5) is 33.7 Å². The Bertz CT molecular complexity index is 1100. The molecule has 0 spiro atoms. The number of carbonyl (C=O) groups is 2. The molecule has 8 nitrogen and oxygen atoms in total. The zero-order valence-electron chi connectivity index (χ0n) is 18.7. The first-order chi connectivity index (χ1) is 16.4. The predicted molar refractivity (Wildman–Crippen MR) is 120 cm³/mol. The Morgan fingerprint density at radius 2 is 2.06 bits per heavy atom. The number of alkyl halides is 3. The summed E-state index contributed by atoms with van der Waals surface area (Å²) in [4.78, 5) is 30.6. The standard InChI is InChI=1S/C22H23ClF4N4O4/c1-11-5-6-28-19(23)18(11)30-20(33)14-8-15(24)16(9-17(14)35-12(2)22(25,26)27)29-21(34)31-7-3-4-13(31)10-32/h5-6,8-9,12-13,32H,3-4,7,10H2,1-2H3,(H,29,34)(H,30,33)/t12-,13?/m0/s1. The number of hydrogen-bond acceptors (Lipinski definition) is 5. The van der Waals surface area contributed by atoms with Gasteiger partial charge in [0, 0.05) is 18.8 Å². The molecule has 13 heteroatoms. The lowest BCUT2D eigenvalue weighted by atomic mass is 10.1. The van der Waals surface area contributed by atoms with Crippen molar-refractivity contribution in [2.75, 3.05) is 23.8 Å². The number of nitrogens with zero attached hydrogens (tertiary/aromatic N) is 2. The molecule has 2 heterocycles. The predicted octanol–water partition coefficient (Wildman–Crippen LogP) is 4.75. The summed E-state index contributed by atoms with van der Waals surface area (Å²) in [5.41, 5.74) is -0.436. The Labute approximate surface area is 203 Å². The van der Waals surface area contributed by atoms with E-state index in [1.807, 2.05) is 0 Å². The van der Waals surface area contributed by atoms with Crippen molar-refractivity contribution in [3.8, 4) is 5.75 Å². The van der Waals surface area contributed by atoms with Gasteiger partial charge in [0.15, 0.2) is 11.3 Å². The summed E-state index contributed by atoms with van der Waals surface area (Å²) in [6.07, 6.45) is -4.54. The third-order valence-corrected chi connectivity index (χ3v) is 5.81. The van der Waals surface area contributed by atoms with Crippen molar-refractivity contribution in [1.29, 1.82) is 0 Å². The van der Waals surface area contributed by atoms with Crippen molar-refractivity contribution < 1.29 is 37.0 Å². The minimum atomic E-state index is -4.78. The number of aromatic nitrogens is 1. The average Bonchev–Trinajstić information content (AvgIpc) is 3.26. The van der Waals surface area contributed by atoms with Crippen LogP contribution < -0.4 is 15.4 Å². The molecule has 190 valence electrons. The molecule has 0 radical (unpaired) electrons. The summed E-state index contributed by atoms with van der Waals surface area (Å²) >= 11 is 5.99. The average molecular weight is 519 g/mol. The van der Waals surface area contributed by atoms with E-state index in [1.54, 1.807) is 13.0 Å². The molecule has 3 N–H and O–H groups in total. The highest BCUT2D eigenvalue weighted by atomic mass is 35.5. The van der Waals surface area contributed by atoms with Crippen LogP contribution in [-0.2, 0) is 0 Å². The third-order valence-electron chi connectivity index (χ3n) is 5.52. The molecule has 3 amide bonds. The highest BCUT2D eigenvalue weighted by Gasteiger charge is 2.39. The van der Waals surface area contributed by atoms with E-state index in [4.69, 9.17) is 16.3 Å². The molecule has 1 aliphatic heterocycles. The van der Waals surface area contributed by atoms with Crippen LogP contribution in [0.3, 0.4) is 0 Å². The SMILES string of the molecule is Cc1ccnc(Cl)c1NC(=O)c1cc(F)c(NC(=O)N2CCCC2CO)cc1O[C@@H](C)C(F)(F)F. The molecule has 1 aromatic heterocycles. The second kappa shape index (κ2) is 10.6. The molecule has 2 aromatic rings. The van der Waals surface area contributed by atoms with E-state index >= 15 is 0 Å². The van der Waals surface area contributed by atoms with Gasteiger partial charge >= 0.3 is 12.2 Å². The fourth-order valence-corrected chi connectivity index (χ4v) is 3.77. The van der Waals surface area contributed by atoms with Crippen molar-refractivity contribution in [2.24, 2.45) is 0 Å². The summed E-state index contributed by atoms with van der Waals surface area (Å²) in [5.74, 6) is -2.69. The van der Waals surface area contributed by atoms with Gasteiger partial charge < -0.3 is 25.4 Å². The Balaban J connectivity index is 1.95. The molecule has 0 saturated carbocycles. The molecule has 1 aliphatic rings. The minimum Gasteiger partial charge on any atom is -0.480 e. The molecule has 1 fully saturated rings. The lowest BCUT2D eigenvalue weighted by Gasteiger charge is -2.24. The first-order valence-corrected chi connectivity index (χ1v) is 11.0. The van der Waals surface area contributed by atoms with Gasteiger partial charge in [-0.05, 0) is 44.4 Å². The van der Waals surface area contributed by atoms with E-state index in [2.05, 4.69) is 15.6 Å². The first kappa shape index (κ1) is 26.5. The maximum Gasteiger partial charge on any atom is 0.425 e. The third kappa shape index (κ3) is 6.12. The van der Waals surface area contributed by atoms with Crippen LogP contribution in [0.25, 0.3) is 0 Å². The van der Waals surface area contributed by atoms with Gasteiger partial charge in [0.05, 0.1) is 29.6 Å². The number of pyridine rings is 1. The second-order valence-corrected chi connectivity index (χ2v) is 8.34. The molecule has 1 saturated heterocycles. The van der Waals surface area contributed by atoms with Crippen LogP contribution in [0.15, 0.2) is 24.4 Å². The quantitative estimate of drug-likeness (QED) is 0.378. The first-order valence-electron chi connectivity index (χ1n) is 10.6. The van der Waals surface area contributed by atoms with Crippen molar-refractivity contribution in [1.82, 2.24) is 9.88 Å². The normalized spacial score (nSPS) is 16.7. The monoisotopic (exact) mass is 518 g/mol. The number of halogens is 5. The van der Waals surface area contributed by atoms with Crippen LogP contribution in [-0.4, -0.2) is 58.4 Å². The Morgan fingerprint density at radius 3 is 2.69 bits per heavy atom. The number of benzene rings is 1. The number of hydrogen-bond donors (Lipinski definition) is 3. The van der Waals surface area contributed by atoms with E-state index in [0.717, 1.165) is 13.0 Å². The summed E-state index contributed by atoms with van der Waals surface area (Å²) in [5, 5.41) is 14.0. The lowest BCUT2D eigenvalue weighted by Crippen LogP contribution is -2.40. The maximum absolute atomic E-state index is 14.9. The van der Waals surface area contributed by atoms with Crippen LogP contribution in [0.2, 0.25) is 5.15 Å². The zero-order chi connectivity index (χ0) is 25.9. The number of urea groups is 1. The fourth-order valence-electron chi connectivity index (χ4n) is 3.52. The van der Waals surface area contributed by atoms with Crippen molar-refractivity contribution in [2.45, 2.75) is 45.0 Å². The summed E-state index contributed by atoms with van der Waals surface area (Å²) in [7, 11) is 0. The minimum absolute atomic E-state index is 0.0714. The van der Waals surface area contributed by atoms with E-state index in [1.165, 1.54) is 11.1 Å². The number of nitrogens with one attached hydrogen (secondary N) is 2. The van der Waals surface area contributed by atoms with Gasteiger partial charge in [-0.1, -0.05) is 11.6 Å².